The lowest BCUT2D eigenvalue weighted by molar-refractivity contribution is -0.155. The van der Waals surface area contributed by atoms with Crippen molar-refractivity contribution in [2.24, 2.45) is 11.3 Å². The standard InChI is InChI=1S/C16H22FNO3/c1-6-21-15(20)13(16(2,3)4)14(19)18(5)12-9-7-8-11(17)10-12/h7-10,13H,6H2,1-5H3. The number of benzene rings is 1. The second kappa shape index (κ2) is 6.70. The van der Waals surface area contributed by atoms with Crippen LogP contribution < -0.4 is 4.90 Å². The average molecular weight is 295 g/mol. The van der Waals surface area contributed by atoms with Crippen LogP contribution >= 0.6 is 0 Å². The summed E-state index contributed by atoms with van der Waals surface area (Å²) in [5.74, 6) is -2.34. The summed E-state index contributed by atoms with van der Waals surface area (Å²) in [7, 11) is 1.52. The van der Waals surface area contributed by atoms with Crippen LogP contribution in [0.4, 0.5) is 10.1 Å². The summed E-state index contributed by atoms with van der Waals surface area (Å²) in [5.41, 5.74) is -0.191. The molecule has 0 saturated carbocycles. The van der Waals surface area contributed by atoms with Gasteiger partial charge in [0.1, 0.15) is 11.7 Å². The lowest BCUT2D eigenvalue weighted by Crippen LogP contribution is -2.44. The van der Waals surface area contributed by atoms with E-state index in [-0.39, 0.29) is 6.61 Å². The maximum absolute atomic E-state index is 13.3. The second-order valence-electron chi connectivity index (χ2n) is 5.93. The van der Waals surface area contributed by atoms with Crippen molar-refractivity contribution in [3.63, 3.8) is 0 Å². The number of carbonyl (C=O) groups is 2. The van der Waals surface area contributed by atoms with Crippen molar-refractivity contribution in [3.8, 4) is 0 Å². The van der Waals surface area contributed by atoms with Gasteiger partial charge in [-0.25, -0.2) is 4.39 Å². The summed E-state index contributed by atoms with van der Waals surface area (Å²) >= 11 is 0. The van der Waals surface area contributed by atoms with Crippen molar-refractivity contribution in [3.05, 3.63) is 30.1 Å². The normalized spacial score (nSPS) is 12.7. The van der Waals surface area contributed by atoms with Crippen molar-refractivity contribution in [2.45, 2.75) is 27.7 Å². The maximum Gasteiger partial charge on any atom is 0.319 e. The molecule has 1 aromatic rings. The fraction of sp³-hybridized carbons (Fsp3) is 0.500. The topological polar surface area (TPSA) is 46.6 Å². The molecule has 0 aliphatic carbocycles. The van der Waals surface area contributed by atoms with Crippen LogP contribution in [0.5, 0.6) is 0 Å². The largest absolute Gasteiger partial charge is 0.465 e. The van der Waals surface area contributed by atoms with Gasteiger partial charge in [0, 0.05) is 12.7 Å². The van der Waals surface area contributed by atoms with E-state index in [2.05, 4.69) is 0 Å². The van der Waals surface area contributed by atoms with Crippen LogP contribution in [0.2, 0.25) is 0 Å². The van der Waals surface area contributed by atoms with Crippen LogP contribution in [0.3, 0.4) is 0 Å². The fourth-order valence-electron chi connectivity index (χ4n) is 2.06. The molecule has 0 aromatic heterocycles. The van der Waals surface area contributed by atoms with Crippen molar-refractivity contribution in [2.75, 3.05) is 18.6 Å². The van der Waals surface area contributed by atoms with Crippen LogP contribution in [-0.4, -0.2) is 25.5 Å². The third kappa shape index (κ3) is 4.28. The third-order valence-electron chi connectivity index (χ3n) is 3.16. The van der Waals surface area contributed by atoms with Crippen LogP contribution in [0.25, 0.3) is 0 Å². The number of nitrogens with zero attached hydrogens (tertiary/aromatic N) is 1. The lowest BCUT2D eigenvalue weighted by atomic mass is 9.79. The number of amides is 1. The Morgan fingerprint density at radius 1 is 1.33 bits per heavy atom. The summed E-state index contributed by atoms with van der Waals surface area (Å²) in [4.78, 5) is 26.0. The molecule has 0 aliphatic rings. The van der Waals surface area contributed by atoms with Gasteiger partial charge in [0.25, 0.3) is 0 Å². The highest BCUT2D eigenvalue weighted by Crippen LogP contribution is 2.30. The number of esters is 1. The van der Waals surface area contributed by atoms with Gasteiger partial charge in [0.15, 0.2) is 0 Å². The molecule has 0 radical (unpaired) electrons. The van der Waals surface area contributed by atoms with Crippen LogP contribution in [0.15, 0.2) is 24.3 Å². The second-order valence-corrected chi connectivity index (χ2v) is 5.93. The molecular formula is C16H22FNO3. The van der Waals surface area contributed by atoms with E-state index in [1.165, 1.54) is 30.1 Å². The summed E-state index contributed by atoms with van der Waals surface area (Å²) in [5, 5.41) is 0. The number of ether oxygens (including phenoxy) is 1. The van der Waals surface area contributed by atoms with E-state index in [4.69, 9.17) is 4.74 Å². The van der Waals surface area contributed by atoms with E-state index < -0.39 is 29.0 Å². The van der Waals surface area contributed by atoms with E-state index in [0.717, 1.165) is 0 Å². The Hall–Kier alpha value is -1.91. The molecule has 1 rings (SSSR count). The van der Waals surface area contributed by atoms with Gasteiger partial charge in [-0.2, -0.15) is 0 Å². The zero-order valence-corrected chi connectivity index (χ0v) is 13.1. The van der Waals surface area contributed by atoms with E-state index in [1.807, 2.05) is 0 Å². The summed E-state index contributed by atoms with van der Waals surface area (Å²) in [6.07, 6.45) is 0. The van der Waals surface area contributed by atoms with Gasteiger partial charge in [-0.05, 0) is 30.5 Å². The molecule has 116 valence electrons. The van der Waals surface area contributed by atoms with E-state index >= 15 is 0 Å². The molecule has 0 spiro atoms. The van der Waals surface area contributed by atoms with Crippen LogP contribution in [0, 0.1) is 17.2 Å². The number of halogens is 1. The monoisotopic (exact) mass is 295 g/mol. The molecule has 0 saturated heterocycles. The molecule has 4 nitrogen and oxygen atoms in total. The highest BCUT2D eigenvalue weighted by molar-refractivity contribution is 6.06. The molecule has 0 aliphatic heterocycles. The van der Waals surface area contributed by atoms with Crippen molar-refractivity contribution >= 4 is 17.6 Å². The molecule has 0 bridgehead atoms. The Morgan fingerprint density at radius 2 is 1.95 bits per heavy atom. The van der Waals surface area contributed by atoms with Gasteiger partial charge >= 0.3 is 5.97 Å². The highest BCUT2D eigenvalue weighted by atomic mass is 19.1. The first-order valence-corrected chi connectivity index (χ1v) is 6.88. The summed E-state index contributed by atoms with van der Waals surface area (Å²) < 4.78 is 18.3. The molecule has 21 heavy (non-hydrogen) atoms. The van der Waals surface area contributed by atoms with Gasteiger partial charge in [-0.15, -0.1) is 0 Å². The Labute approximate surface area is 124 Å². The number of anilines is 1. The number of hydrogen-bond donors (Lipinski definition) is 0. The van der Waals surface area contributed by atoms with Crippen LogP contribution in [-0.2, 0) is 14.3 Å². The van der Waals surface area contributed by atoms with Crippen molar-refractivity contribution in [1.82, 2.24) is 0 Å². The third-order valence-corrected chi connectivity index (χ3v) is 3.16. The average Bonchev–Trinajstić information content (AvgIpc) is 2.36. The van der Waals surface area contributed by atoms with E-state index in [1.54, 1.807) is 33.8 Å². The minimum atomic E-state index is -0.939. The quantitative estimate of drug-likeness (QED) is 0.633. The van der Waals surface area contributed by atoms with Crippen molar-refractivity contribution in [1.29, 1.82) is 0 Å². The zero-order valence-electron chi connectivity index (χ0n) is 13.1. The number of hydrogen-bond acceptors (Lipinski definition) is 3. The molecule has 1 aromatic carbocycles. The molecule has 0 heterocycles. The molecule has 0 N–H and O–H groups in total. The van der Waals surface area contributed by atoms with Gasteiger partial charge < -0.3 is 9.64 Å². The molecular weight excluding hydrogens is 273 g/mol. The van der Waals surface area contributed by atoms with Crippen LogP contribution in [0.1, 0.15) is 27.7 Å². The lowest BCUT2D eigenvalue weighted by Gasteiger charge is -2.31. The van der Waals surface area contributed by atoms with Gasteiger partial charge in [-0.3, -0.25) is 9.59 Å². The Bertz CT molecular complexity index is 522. The molecule has 1 unspecified atom stereocenters. The SMILES string of the molecule is CCOC(=O)C(C(=O)N(C)c1cccc(F)c1)C(C)(C)C. The van der Waals surface area contributed by atoms with E-state index in [0.29, 0.717) is 5.69 Å². The smallest absolute Gasteiger partial charge is 0.319 e. The number of carbonyl (C=O) groups excluding carboxylic acids is 2. The zero-order chi connectivity index (χ0) is 16.2. The predicted molar refractivity (Wildman–Crippen MR) is 79.4 cm³/mol. The predicted octanol–water partition coefficient (Wildman–Crippen LogP) is 3.01. The Kier molecular flexibility index (Phi) is 5.47. The summed E-state index contributed by atoms with van der Waals surface area (Å²) in [6, 6.07) is 5.69. The van der Waals surface area contributed by atoms with Crippen molar-refractivity contribution < 1.29 is 18.7 Å². The molecule has 1 amide bonds. The molecule has 5 heteroatoms. The van der Waals surface area contributed by atoms with Gasteiger partial charge in [-0.1, -0.05) is 26.8 Å². The van der Waals surface area contributed by atoms with Gasteiger partial charge in [0.2, 0.25) is 5.91 Å². The molecule has 1 atom stereocenters. The van der Waals surface area contributed by atoms with E-state index in [9.17, 15) is 14.0 Å². The highest BCUT2D eigenvalue weighted by Gasteiger charge is 2.40. The first-order chi connectivity index (χ1) is 9.68. The summed E-state index contributed by atoms with van der Waals surface area (Å²) in [6.45, 7) is 7.30. The minimum absolute atomic E-state index is 0.211. The Morgan fingerprint density at radius 3 is 2.43 bits per heavy atom. The maximum atomic E-state index is 13.3. The first-order valence-electron chi connectivity index (χ1n) is 6.88. The molecule has 0 fully saturated rings. The Balaban J connectivity index is 3.08. The first kappa shape index (κ1) is 17.1. The van der Waals surface area contributed by atoms with Gasteiger partial charge in [0.05, 0.1) is 6.61 Å². The number of rotatable bonds is 4. The fourth-order valence-corrected chi connectivity index (χ4v) is 2.06. The minimum Gasteiger partial charge on any atom is -0.465 e.